The summed E-state index contributed by atoms with van der Waals surface area (Å²) in [5.41, 5.74) is 0.144. The summed E-state index contributed by atoms with van der Waals surface area (Å²) in [5.74, 6) is 2.92. The van der Waals surface area contributed by atoms with Gasteiger partial charge in [-0.25, -0.2) is 13.2 Å². The molecule has 0 aromatic heterocycles. The zero-order chi connectivity index (χ0) is 15.2. The maximum Gasteiger partial charge on any atom is 0.194 e. The summed E-state index contributed by atoms with van der Waals surface area (Å²) in [5, 5.41) is 0. The van der Waals surface area contributed by atoms with E-state index in [4.69, 9.17) is 0 Å². The molecule has 0 spiro atoms. The van der Waals surface area contributed by atoms with Crippen molar-refractivity contribution in [3.8, 4) is 11.8 Å². The van der Waals surface area contributed by atoms with Crippen LogP contribution in [0.1, 0.15) is 44.6 Å². The quantitative estimate of drug-likeness (QED) is 0.517. The first-order chi connectivity index (χ1) is 10.1. The second-order valence-electron chi connectivity index (χ2n) is 5.57. The number of hydrogen-bond donors (Lipinski definition) is 0. The van der Waals surface area contributed by atoms with Crippen LogP contribution in [0.3, 0.4) is 0 Å². The van der Waals surface area contributed by atoms with E-state index >= 15 is 0 Å². The maximum atomic E-state index is 13.0. The number of halogens is 3. The van der Waals surface area contributed by atoms with Crippen LogP contribution in [-0.2, 0) is 0 Å². The van der Waals surface area contributed by atoms with Crippen LogP contribution in [0.25, 0.3) is 0 Å². The minimum Gasteiger partial charge on any atom is -0.204 e. The zero-order valence-electron chi connectivity index (χ0n) is 12.1. The molecule has 0 N–H and O–H groups in total. The van der Waals surface area contributed by atoms with E-state index in [1.165, 1.54) is 32.1 Å². The monoisotopic (exact) mass is 292 g/mol. The van der Waals surface area contributed by atoms with E-state index in [2.05, 4.69) is 24.8 Å². The van der Waals surface area contributed by atoms with Gasteiger partial charge in [-0.1, -0.05) is 31.3 Å². The highest BCUT2D eigenvalue weighted by atomic mass is 19.2. The lowest BCUT2D eigenvalue weighted by atomic mass is 9.81. The Labute approximate surface area is 124 Å². The highest BCUT2D eigenvalue weighted by Gasteiger charge is 2.17. The standard InChI is InChI=1S/C18H19F3/c1-2-13-7-9-14(10-8-13)5-3-4-6-15-11-16(19)18(21)17(20)12-15/h3,5,11-14H,2,7-10H2,1H3/b5-3+/t13-,14-. The molecule has 0 radical (unpaired) electrons. The van der Waals surface area contributed by atoms with E-state index in [0.717, 1.165) is 18.1 Å². The Morgan fingerprint density at radius 1 is 1.10 bits per heavy atom. The van der Waals surface area contributed by atoms with Crippen molar-refractivity contribution in [2.45, 2.75) is 39.0 Å². The van der Waals surface area contributed by atoms with Gasteiger partial charge < -0.3 is 0 Å². The zero-order valence-corrected chi connectivity index (χ0v) is 12.1. The van der Waals surface area contributed by atoms with Gasteiger partial charge in [-0.3, -0.25) is 0 Å². The molecule has 1 saturated carbocycles. The molecular weight excluding hydrogens is 273 g/mol. The Hall–Kier alpha value is -1.69. The van der Waals surface area contributed by atoms with Crippen LogP contribution in [0.5, 0.6) is 0 Å². The topological polar surface area (TPSA) is 0 Å². The van der Waals surface area contributed by atoms with Crippen LogP contribution >= 0.6 is 0 Å². The first kappa shape index (κ1) is 15.7. The predicted octanol–water partition coefficient (Wildman–Crippen LogP) is 5.23. The van der Waals surface area contributed by atoms with Crippen molar-refractivity contribution in [1.82, 2.24) is 0 Å². The summed E-state index contributed by atoms with van der Waals surface area (Å²) in [7, 11) is 0. The molecule has 1 aliphatic rings. The van der Waals surface area contributed by atoms with E-state index in [1.54, 1.807) is 6.08 Å². The Balaban J connectivity index is 1.93. The molecule has 2 rings (SSSR count). The summed E-state index contributed by atoms with van der Waals surface area (Å²) in [6.07, 6.45) is 9.91. The van der Waals surface area contributed by atoms with Crippen molar-refractivity contribution in [2.75, 3.05) is 0 Å². The third kappa shape index (κ3) is 4.39. The minimum absolute atomic E-state index is 0.144. The first-order valence-electron chi connectivity index (χ1n) is 7.43. The molecule has 0 nitrogen and oxygen atoms in total. The van der Waals surface area contributed by atoms with Gasteiger partial charge in [0.1, 0.15) is 0 Å². The van der Waals surface area contributed by atoms with Crippen LogP contribution in [0, 0.1) is 41.1 Å². The van der Waals surface area contributed by atoms with Crippen molar-refractivity contribution in [3.63, 3.8) is 0 Å². The predicted molar refractivity (Wildman–Crippen MR) is 78.1 cm³/mol. The second kappa shape index (κ2) is 7.36. The van der Waals surface area contributed by atoms with Gasteiger partial charge in [0.15, 0.2) is 17.5 Å². The number of rotatable bonds is 2. The molecule has 21 heavy (non-hydrogen) atoms. The van der Waals surface area contributed by atoms with Gasteiger partial charge in [0.25, 0.3) is 0 Å². The van der Waals surface area contributed by atoms with E-state index in [9.17, 15) is 13.2 Å². The molecule has 0 saturated heterocycles. The fourth-order valence-electron chi connectivity index (χ4n) is 2.73. The van der Waals surface area contributed by atoms with E-state index in [0.29, 0.717) is 5.92 Å². The highest BCUT2D eigenvalue weighted by Crippen LogP contribution is 2.31. The van der Waals surface area contributed by atoms with Crippen molar-refractivity contribution < 1.29 is 13.2 Å². The van der Waals surface area contributed by atoms with Crippen molar-refractivity contribution in [3.05, 3.63) is 47.3 Å². The molecule has 3 heteroatoms. The highest BCUT2D eigenvalue weighted by molar-refractivity contribution is 5.37. The van der Waals surface area contributed by atoms with Gasteiger partial charge in [-0.15, -0.1) is 0 Å². The summed E-state index contributed by atoms with van der Waals surface area (Å²) < 4.78 is 38.8. The fraction of sp³-hybridized carbons (Fsp3) is 0.444. The molecular formula is C18H19F3. The van der Waals surface area contributed by atoms with Crippen molar-refractivity contribution in [1.29, 1.82) is 0 Å². The number of hydrogen-bond acceptors (Lipinski definition) is 0. The molecule has 0 heterocycles. The Bertz CT molecular complexity index is 547. The van der Waals surface area contributed by atoms with Crippen LogP contribution in [0.15, 0.2) is 24.3 Å². The summed E-state index contributed by atoms with van der Waals surface area (Å²) in [6.45, 7) is 2.23. The average molecular weight is 292 g/mol. The Morgan fingerprint density at radius 3 is 2.29 bits per heavy atom. The molecule has 0 atom stereocenters. The molecule has 0 unspecified atom stereocenters. The van der Waals surface area contributed by atoms with Crippen molar-refractivity contribution in [2.24, 2.45) is 11.8 Å². The van der Waals surface area contributed by atoms with E-state index in [1.807, 2.05) is 0 Å². The molecule has 0 bridgehead atoms. The summed E-state index contributed by atoms with van der Waals surface area (Å²) in [6, 6.07) is 1.82. The van der Waals surface area contributed by atoms with E-state index < -0.39 is 17.5 Å². The molecule has 1 fully saturated rings. The lowest BCUT2D eigenvalue weighted by Gasteiger charge is -2.25. The lowest BCUT2D eigenvalue weighted by molar-refractivity contribution is 0.304. The van der Waals surface area contributed by atoms with Crippen molar-refractivity contribution >= 4 is 0 Å². The van der Waals surface area contributed by atoms with Gasteiger partial charge in [0.05, 0.1) is 0 Å². The van der Waals surface area contributed by atoms with Crippen LogP contribution < -0.4 is 0 Å². The number of allylic oxidation sites excluding steroid dienone is 2. The van der Waals surface area contributed by atoms with Crippen LogP contribution in [0.2, 0.25) is 0 Å². The third-order valence-corrected chi connectivity index (χ3v) is 4.12. The van der Waals surface area contributed by atoms with Gasteiger partial charge in [-0.05, 0) is 55.7 Å². The molecule has 0 aliphatic heterocycles. The third-order valence-electron chi connectivity index (χ3n) is 4.12. The molecule has 112 valence electrons. The average Bonchev–Trinajstić information content (AvgIpc) is 2.49. The molecule has 1 aromatic carbocycles. The SMILES string of the molecule is CC[C@H]1CC[C@H](/C=C/C#Cc2cc(F)c(F)c(F)c2)CC1. The van der Waals surface area contributed by atoms with Crippen LogP contribution in [0.4, 0.5) is 13.2 Å². The van der Waals surface area contributed by atoms with E-state index in [-0.39, 0.29) is 5.56 Å². The fourth-order valence-corrected chi connectivity index (χ4v) is 2.73. The normalized spacial score (nSPS) is 22.1. The van der Waals surface area contributed by atoms with Gasteiger partial charge in [0, 0.05) is 5.56 Å². The smallest absolute Gasteiger partial charge is 0.194 e. The summed E-state index contributed by atoms with van der Waals surface area (Å²) >= 11 is 0. The minimum atomic E-state index is -1.45. The number of benzene rings is 1. The lowest BCUT2D eigenvalue weighted by Crippen LogP contribution is -2.11. The van der Waals surface area contributed by atoms with Crippen LogP contribution in [-0.4, -0.2) is 0 Å². The second-order valence-corrected chi connectivity index (χ2v) is 5.57. The maximum absolute atomic E-state index is 13.0. The molecule has 1 aliphatic carbocycles. The van der Waals surface area contributed by atoms with Gasteiger partial charge in [0.2, 0.25) is 0 Å². The van der Waals surface area contributed by atoms with Gasteiger partial charge in [-0.2, -0.15) is 0 Å². The molecule has 0 amide bonds. The Morgan fingerprint density at radius 2 is 1.71 bits per heavy atom. The largest absolute Gasteiger partial charge is 0.204 e. The van der Waals surface area contributed by atoms with Gasteiger partial charge >= 0.3 is 0 Å². The first-order valence-corrected chi connectivity index (χ1v) is 7.43. The molecule has 1 aromatic rings. The Kier molecular flexibility index (Phi) is 5.50. The summed E-state index contributed by atoms with van der Waals surface area (Å²) in [4.78, 5) is 0.